The Kier molecular flexibility index (Phi) is 3.85. The number of ether oxygens (including phenoxy) is 1. The maximum atomic E-state index is 13.1. The second kappa shape index (κ2) is 5.70. The summed E-state index contributed by atoms with van der Waals surface area (Å²) in [5, 5.41) is 0. The van der Waals surface area contributed by atoms with Crippen LogP contribution in [0.2, 0.25) is 0 Å². The summed E-state index contributed by atoms with van der Waals surface area (Å²) < 4.78 is 32.1. The van der Waals surface area contributed by atoms with E-state index in [-0.39, 0.29) is 4.90 Å². The van der Waals surface area contributed by atoms with Crippen LogP contribution in [0.4, 0.5) is 5.69 Å². The topological polar surface area (TPSA) is 63.7 Å². The number of fused-ring (bicyclic) bond motifs is 1. The van der Waals surface area contributed by atoms with Gasteiger partial charge in [0.15, 0.2) is 0 Å². The number of nitrogens with zero attached hydrogens (tertiary/aromatic N) is 1. The Labute approximate surface area is 135 Å². The van der Waals surface area contributed by atoms with E-state index >= 15 is 0 Å². The van der Waals surface area contributed by atoms with Crippen LogP contribution in [-0.2, 0) is 26.0 Å². The van der Waals surface area contributed by atoms with E-state index in [4.69, 9.17) is 4.74 Å². The van der Waals surface area contributed by atoms with E-state index in [1.54, 1.807) is 36.4 Å². The summed E-state index contributed by atoms with van der Waals surface area (Å²) in [4.78, 5) is 12.3. The molecule has 2 aromatic carbocycles. The SMILES string of the molecule is COC(=O)C1Cc2ccccc2N1S(=O)(=O)c1ccc(C)cc1. The normalized spacial score (nSPS) is 17.0. The average Bonchev–Trinajstić information content (AvgIpc) is 2.94. The van der Waals surface area contributed by atoms with Crippen LogP contribution in [-0.4, -0.2) is 27.5 Å². The standard InChI is InChI=1S/C17H17NO4S/c1-12-7-9-14(10-8-12)23(20,21)18-15-6-4-3-5-13(15)11-16(18)17(19)22-2/h3-10,16H,11H2,1-2H3. The minimum Gasteiger partial charge on any atom is -0.467 e. The first-order chi connectivity index (χ1) is 10.9. The Morgan fingerprint density at radius 3 is 2.43 bits per heavy atom. The number of methoxy groups -OCH3 is 1. The highest BCUT2D eigenvalue weighted by Gasteiger charge is 2.42. The fourth-order valence-electron chi connectivity index (χ4n) is 2.79. The van der Waals surface area contributed by atoms with Gasteiger partial charge in [-0.15, -0.1) is 0 Å². The van der Waals surface area contributed by atoms with E-state index in [0.29, 0.717) is 12.1 Å². The molecule has 0 aromatic heterocycles. The van der Waals surface area contributed by atoms with Gasteiger partial charge in [0.2, 0.25) is 0 Å². The molecule has 2 aromatic rings. The van der Waals surface area contributed by atoms with Gasteiger partial charge in [0.05, 0.1) is 17.7 Å². The molecule has 0 saturated heterocycles. The first kappa shape index (κ1) is 15.6. The monoisotopic (exact) mass is 331 g/mol. The number of rotatable bonds is 3. The molecular formula is C17H17NO4S. The molecule has 1 aliphatic heterocycles. The van der Waals surface area contributed by atoms with Crippen molar-refractivity contribution in [3.63, 3.8) is 0 Å². The largest absolute Gasteiger partial charge is 0.467 e. The molecule has 120 valence electrons. The Morgan fingerprint density at radius 1 is 1.13 bits per heavy atom. The molecule has 1 aliphatic rings. The van der Waals surface area contributed by atoms with Crippen LogP contribution in [0.5, 0.6) is 0 Å². The number of esters is 1. The van der Waals surface area contributed by atoms with Crippen molar-refractivity contribution < 1.29 is 17.9 Å². The van der Waals surface area contributed by atoms with Crippen LogP contribution in [0, 0.1) is 6.92 Å². The molecule has 0 bridgehead atoms. The van der Waals surface area contributed by atoms with E-state index in [0.717, 1.165) is 11.1 Å². The lowest BCUT2D eigenvalue weighted by molar-refractivity contribution is -0.141. The predicted molar refractivity (Wildman–Crippen MR) is 86.8 cm³/mol. The molecule has 0 aliphatic carbocycles. The molecular weight excluding hydrogens is 314 g/mol. The lowest BCUT2D eigenvalue weighted by Gasteiger charge is -2.25. The molecule has 0 fully saturated rings. The molecule has 6 heteroatoms. The van der Waals surface area contributed by atoms with Gasteiger partial charge in [-0.2, -0.15) is 0 Å². The first-order valence-electron chi connectivity index (χ1n) is 7.22. The number of aryl methyl sites for hydroxylation is 1. The summed E-state index contributed by atoms with van der Waals surface area (Å²) >= 11 is 0. The molecule has 1 unspecified atom stereocenters. The fraction of sp³-hybridized carbons (Fsp3) is 0.235. The molecule has 0 N–H and O–H groups in total. The number of para-hydroxylation sites is 1. The molecule has 0 amide bonds. The highest BCUT2D eigenvalue weighted by atomic mass is 32.2. The summed E-state index contributed by atoms with van der Waals surface area (Å²) in [6.07, 6.45) is 0.313. The van der Waals surface area contributed by atoms with Crippen molar-refractivity contribution in [1.82, 2.24) is 0 Å². The second-order valence-electron chi connectivity index (χ2n) is 5.49. The Balaban J connectivity index is 2.13. The lowest BCUT2D eigenvalue weighted by atomic mass is 10.1. The average molecular weight is 331 g/mol. The van der Waals surface area contributed by atoms with Crippen molar-refractivity contribution >= 4 is 21.7 Å². The van der Waals surface area contributed by atoms with Gasteiger partial charge in [-0.25, -0.2) is 13.2 Å². The second-order valence-corrected chi connectivity index (χ2v) is 7.30. The van der Waals surface area contributed by atoms with Gasteiger partial charge in [-0.1, -0.05) is 35.9 Å². The summed E-state index contributed by atoms with van der Waals surface area (Å²) in [5.74, 6) is -0.558. The molecule has 1 heterocycles. The number of carbonyl (C=O) groups is 1. The third-order valence-electron chi connectivity index (χ3n) is 3.98. The third-order valence-corrected chi connectivity index (χ3v) is 5.81. The van der Waals surface area contributed by atoms with E-state index in [1.807, 2.05) is 19.1 Å². The van der Waals surface area contributed by atoms with Gasteiger partial charge in [0.1, 0.15) is 6.04 Å². The lowest BCUT2D eigenvalue weighted by Crippen LogP contribution is -2.43. The fourth-order valence-corrected chi connectivity index (χ4v) is 4.43. The maximum absolute atomic E-state index is 13.1. The highest BCUT2D eigenvalue weighted by Crippen LogP contribution is 2.37. The molecule has 1 atom stereocenters. The number of carbonyl (C=O) groups excluding carboxylic acids is 1. The zero-order valence-corrected chi connectivity index (χ0v) is 13.7. The highest BCUT2D eigenvalue weighted by molar-refractivity contribution is 7.93. The maximum Gasteiger partial charge on any atom is 0.330 e. The number of anilines is 1. The van der Waals surface area contributed by atoms with Gasteiger partial charge < -0.3 is 4.74 Å². The molecule has 0 spiro atoms. The van der Waals surface area contributed by atoms with Crippen LogP contribution in [0.3, 0.4) is 0 Å². The molecule has 5 nitrogen and oxygen atoms in total. The zero-order valence-electron chi connectivity index (χ0n) is 12.9. The smallest absolute Gasteiger partial charge is 0.330 e. The van der Waals surface area contributed by atoms with Crippen molar-refractivity contribution in [3.8, 4) is 0 Å². The van der Waals surface area contributed by atoms with Crippen molar-refractivity contribution in [1.29, 1.82) is 0 Å². The van der Waals surface area contributed by atoms with Crippen molar-refractivity contribution in [2.45, 2.75) is 24.3 Å². The van der Waals surface area contributed by atoms with E-state index < -0.39 is 22.0 Å². The van der Waals surface area contributed by atoms with E-state index in [2.05, 4.69) is 0 Å². The van der Waals surface area contributed by atoms with Crippen LogP contribution in [0.25, 0.3) is 0 Å². The minimum atomic E-state index is -3.84. The Bertz CT molecular complexity index is 843. The van der Waals surface area contributed by atoms with Crippen molar-refractivity contribution in [2.75, 3.05) is 11.4 Å². The summed E-state index contributed by atoms with van der Waals surface area (Å²) in [6, 6.07) is 12.8. The quantitative estimate of drug-likeness (QED) is 0.810. The van der Waals surface area contributed by atoms with Gasteiger partial charge in [0.25, 0.3) is 10.0 Å². The summed E-state index contributed by atoms with van der Waals surface area (Å²) in [6.45, 7) is 1.89. The first-order valence-corrected chi connectivity index (χ1v) is 8.66. The van der Waals surface area contributed by atoms with Crippen LogP contribution >= 0.6 is 0 Å². The van der Waals surface area contributed by atoms with Gasteiger partial charge in [-0.3, -0.25) is 4.31 Å². The van der Waals surface area contributed by atoms with Gasteiger partial charge in [0, 0.05) is 6.42 Å². The summed E-state index contributed by atoms with van der Waals surface area (Å²) in [5.41, 5.74) is 2.32. The number of hydrogen-bond acceptors (Lipinski definition) is 4. The minimum absolute atomic E-state index is 0.161. The van der Waals surface area contributed by atoms with Crippen molar-refractivity contribution in [2.24, 2.45) is 0 Å². The van der Waals surface area contributed by atoms with Gasteiger partial charge in [-0.05, 0) is 30.7 Å². The predicted octanol–water partition coefficient (Wildman–Crippen LogP) is 2.29. The Morgan fingerprint density at radius 2 is 1.78 bits per heavy atom. The molecule has 0 radical (unpaired) electrons. The van der Waals surface area contributed by atoms with Crippen LogP contribution in [0.15, 0.2) is 53.4 Å². The molecule has 23 heavy (non-hydrogen) atoms. The number of benzene rings is 2. The van der Waals surface area contributed by atoms with Crippen molar-refractivity contribution in [3.05, 3.63) is 59.7 Å². The molecule has 0 saturated carbocycles. The van der Waals surface area contributed by atoms with Gasteiger partial charge >= 0.3 is 5.97 Å². The number of sulfonamides is 1. The van der Waals surface area contributed by atoms with Crippen LogP contribution < -0.4 is 4.31 Å². The van der Waals surface area contributed by atoms with Crippen LogP contribution in [0.1, 0.15) is 11.1 Å². The third kappa shape index (κ3) is 2.59. The Hall–Kier alpha value is -2.34. The van der Waals surface area contributed by atoms with E-state index in [9.17, 15) is 13.2 Å². The van der Waals surface area contributed by atoms with E-state index in [1.165, 1.54) is 11.4 Å². The summed E-state index contributed by atoms with van der Waals surface area (Å²) in [7, 11) is -2.57. The molecule has 3 rings (SSSR count). The zero-order chi connectivity index (χ0) is 16.6. The number of hydrogen-bond donors (Lipinski definition) is 0.